The summed E-state index contributed by atoms with van der Waals surface area (Å²) in [5, 5.41) is 0. The average molecular weight is 184 g/mol. The summed E-state index contributed by atoms with van der Waals surface area (Å²) in [7, 11) is 1.86. The number of amides is 2. The van der Waals surface area contributed by atoms with E-state index in [1.165, 1.54) is 0 Å². The minimum Gasteiger partial charge on any atom is -0.325 e. The first-order valence-corrected chi connectivity index (χ1v) is 4.85. The fourth-order valence-corrected chi connectivity index (χ4v) is 1.57. The Morgan fingerprint density at radius 1 is 1.38 bits per heavy atom. The molecule has 0 saturated carbocycles. The van der Waals surface area contributed by atoms with Crippen molar-refractivity contribution in [3.63, 3.8) is 0 Å². The Kier molecular flexibility index (Phi) is 2.55. The van der Waals surface area contributed by atoms with Crippen LogP contribution in [0.4, 0.5) is 4.79 Å². The summed E-state index contributed by atoms with van der Waals surface area (Å²) in [5.41, 5.74) is 0.327. The summed E-state index contributed by atoms with van der Waals surface area (Å²) in [6.07, 6.45) is 0. The molecule has 76 valence electrons. The van der Waals surface area contributed by atoms with Gasteiger partial charge in [0.15, 0.2) is 0 Å². The van der Waals surface area contributed by atoms with E-state index in [1.807, 2.05) is 25.8 Å². The highest BCUT2D eigenvalue weighted by Gasteiger charge is 2.38. The number of carbonyl (C=O) groups excluding carboxylic acids is 1. The Labute approximate surface area is 80.7 Å². The summed E-state index contributed by atoms with van der Waals surface area (Å²) in [6.45, 7) is 10.2. The predicted molar refractivity (Wildman–Crippen MR) is 53.6 cm³/mol. The van der Waals surface area contributed by atoms with Crippen molar-refractivity contribution in [2.45, 2.75) is 33.7 Å². The van der Waals surface area contributed by atoms with Gasteiger partial charge in [-0.05, 0) is 13.8 Å². The van der Waals surface area contributed by atoms with Crippen LogP contribution in [0.5, 0.6) is 0 Å². The summed E-state index contributed by atoms with van der Waals surface area (Å²) in [4.78, 5) is 15.4. The van der Waals surface area contributed by atoms with Crippen molar-refractivity contribution in [2.75, 3.05) is 20.1 Å². The number of likely N-dealkylation sites (tertiary alicyclic amines) is 1. The van der Waals surface area contributed by atoms with Gasteiger partial charge in [0, 0.05) is 31.6 Å². The van der Waals surface area contributed by atoms with Crippen LogP contribution in [0, 0.1) is 5.41 Å². The van der Waals surface area contributed by atoms with Gasteiger partial charge < -0.3 is 9.80 Å². The zero-order valence-electron chi connectivity index (χ0n) is 9.29. The second-order valence-electron chi connectivity index (χ2n) is 5.01. The first-order chi connectivity index (χ1) is 5.83. The van der Waals surface area contributed by atoms with Gasteiger partial charge in [-0.15, -0.1) is 0 Å². The van der Waals surface area contributed by atoms with Crippen molar-refractivity contribution in [3.8, 4) is 0 Å². The van der Waals surface area contributed by atoms with E-state index in [9.17, 15) is 4.79 Å². The zero-order valence-corrected chi connectivity index (χ0v) is 9.29. The van der Waals surface area contributed by atoms with E-state index in [-0.39, 0.29) is 12.1 Å². The smallest absolute Gasteiger partial charge is 0.320 e. The van der Waals surface area contributed by atoms with Gasteiger partial charge in [-0.25, -0.2) is 4.79 Å². The topological polar surface area (TPSA) is 23.6 Å². The number of hydrogen-bond donors (Lipinski definition) is 0. The molecule has 0 unspecified atom stereocenters. The molecule has 0 aliphatic carbocycles. The van der Waals surface area contributed by atoms with Gasteiger partial charge in [-0.2, -0.15) is 0 Å². The van der Waals surface area contributed by atoms with E-state index in [4.69, 9.17) is 0 Å². The van der Waals surface area contributed by atoms with E-state index < -0.39 is 0 Å². The Morgan fingerprint density at radius 2 is 1.85 bits per heavy atom. The lowest BCUT2D eigenvalue weighted by Crippen LogP contribution is -2.59. The summed E-state index contributed by atoms with van der Waals surface area (Å²) in [6, 6.07) is 0.450. The molecule has 0 atom stereocenters. The Hall–Kier alpha value is -0.730. The van der Waals surface area contributed by atoms with E-state index in [2.05, 4.69) is 13.8 Å². The van der Waals surface area contributed by atoms with Crippen molar-refractivity contribution in [3.05, 3.63) is 0 Å². The molecular weight excluding hydrogens is 164 g/mol. The molecule has 0 aromatic heterocycles. The highest BCUT2D eigenvalue weighted by Crippen LogP contribution is 2.29. The molecule has 1 rings (SSSR count). The number of nitrogens with zero attached hydrogens (tertiary/aromatic N) is 2. The van der Waals surface area contributed by atoms with Crippen LogP contribution in [0.3, 0.4) is 0 Å². The van der Waals surface area contributed by atoms with Gasteiger partial charge in [0.1, 0.15) is 0 Å². The van der Waals surface area contributed by atoms with Crippen LogP contribution in [-0.2, 0) is 0 Å². The molecule has 0 spiro atoms. The molecule has 1 heterocycles. The van der Waals surface area contributed by atoms with Gasteiger partial charge in [0.25, 0.3) is 0 Å². The number of rotatable bonds is 1. The van der Waals surface area contributed by atoms with Crippen LogP contribution in [-0.4, -0.2) is 42.0 Å². The van der Waals surface area contributed by atoms with Crippen LogP contribution < -0.4 is 0 Å². The van der Waals surface area contributed by atoms with Gasteiger partial charge >= 0.3 is 6.03 Å². The second kappa shape index (κ2) is 3.20. The van der Waals surface area contributed by atoms with E-state index in [1.54, 1.807) is 4.90 Å². The number of carbonyl (C=O) groups is 1. The van der Waals surface area contributed by atoms with Crippen molar-refractivity contribution in [1.29, 1.82) is 0 Å². The molecule has 3 nitrogen and oxygen atoms in total. The Balaban J connectivity index is 2.43. The quantitative estimate of drug-likeness (QED) is 0.609. The van der Waals surface area contributed by atoms with Gasteiger partial charge in [-0.3, -0.25) is 0 Å². The number of hydrogen-bond acceptors (Lipinski definition) is 1. The molecule has 2 amide bonds. The first kappa shape index (κ1) is 10.4. The third-order valence-electron chi connectivity index (χ3n) is 2.58. The van der Waals surface area contributed by atoms with E-state index >= 15 is 0 Å². The minimum absolute atomic E-state index is 0.161. The van der Waals surface area contributed by atoms with Gasteiger partial charge in [0.05, 0.1) is 0 Å². The summed E-state index contributed by atoms with van der Waals surface area (Å²) < 4.78 is 0. The molecule has 0 radical (unpaired) electrons. The molecule has 1 aliphatic rings. The van der Waals surface area contributed by atoms with Crippen molar-refractivity contribution >= 4 is 6.03 Å². The molecule has 1 aliphatic heterocycles. The Morgan fingerprint density at radius 3 is 2.15 bits per heavy atom. The minimum atomic E-state index is 0.161. The normalized spacial score (nSPS) is 20.0. The zero-order chi connectivity index (χ0) is 10.2. The first-order valence-electron chi connectivity index (χ1n) is 4.85. The lowest BCUT2D eigenvalue weighted by Gasteiger charge is -2.47. The van der Waals surface area contributed by atoms with Gasteiger partial charge in [-0.1, -0.05) is 13.8 Å². The molecule has 0 bridgehead atoms. The summed E-state index contributed by atoms with van der Waals surface area (Å²) in [5.74, 6) is 0. The van der Waals surface area contributed by atoms with Crippen LogP contribution in [0.25, 0.3) is 0 Å². The molecule has 0 aromatic rings. The molecule has 1 fully saturated rings. The monoisotopic (exact) mass is 184 g/mol. The lowest BCUT2D eigenvalue weighted by atomic mass is 9.85. The molecule has 13 heavy (non-hydrogen) atoms. The van der Waals surface area contributed by atoms with Crippen LogP contribution in [0.1, 0.15) is 27.7 Å². The fourth-order valence-electron chi connectivity index (χ4n) is 1.57. The SMILES string of the molecule is CC(C)N(C)C(=O)N1CC(C)(C)C1. The standard InChI is InChI=1S/C10H20N2O/c1-8(2)11(5)9(13)12-6-10(3,4)7-12/h8H,6-7H2,1-5H3. The summed E-state index contributed by atoms with van der Waals surface area (Å²) >= 11 is 0. The third-order valence-corrected chi connectivity index (χ3v) is 2.58. The van der Waals surface area contributed by atoms with Crippen LogP contribution in [0.2, 0.25) is 0 Å². The van der Waals surface area contributed by atoms with Crippen LogP contribution >= 0.6 is 0 Å². The lowest BCUT2D eigenvalue weighted by molar-refractivity contribution is 0.0423. The van der Waals surface area contributed by atoms with Crippen LogP contribution in [0.15, 0.2) is 0 Å². The molecule has 0 aromatic carbocycles. The maximum Gasteiger partial charge on any atom is 0.320 e. The van der Waals surface area contributed by atoms with Gasteiger partial charge in [0.2, 0.25) is 0 Å². The van der Waals surface area contributed by atoms with E-state index in [0.717, 1.165) is 13.1 Å². The predicted octanol–water partition coefficient (Wildman–Crippen LogP) is 1.79. The van der Waals surface area contributed by atoms with Crippen molar-refractivity contribution < 1.29 is 4.79 Å². The molecule has 1 saturated heterocycles. The fraction of sp³-hybridized carbons (Fsp3) is 0.900. The number of urea groups is 1. The van der Waals surface area contributed by atoms with Crippen molar-refractivity contribution in [1.82, 2.24) is 9.80 Å². The molecule has 3 heteroatoms. The largest absolute Gasteiger partial charge is 0.325 e. The Bertz CT molecular complexity index is 203. The van der Waals surface area contributed by atoms with Crippen molar-refractivity contribution in [2.24, 2.45) is 5.41 Å². The molecular formula is C10H20N2O. The maximum atomic E-state index is 11.7. The third kappa shape index (κ3) is 2.14. The average Bonchev–Trinajstić information content (AvgIpc) is 1.97. The van der Waals surface area contributed by atoms with E-state index in [0.29, 0.717) is 5.41 Å². The second-order valence-corrected chi connectivity index (χ2v) is 5.01. The highest BCUT2D eigenvalue weighted by molar-refractivity contribution is 5.75. The highest BCUT2D eigenvalue weighted by atomic mass is 16.2. The maximum absolute atomic E-state index is 11.7. The molecule has 0 N–H and O–H groups in total.